The first-order valence-electron chi connectivity index (χ1n) is 8.89. The Morgan fingerprint density at radius 1 is 1.29 bits per heavy atom. The standard InChI is InChI=1S/C17H24N6O/c1-21-15(8-9-18-21)13-5-4-10-22(11-13)17(24)12-23-16-7-3-2-6-14(16)19-20-23/h8-9,13H,2-7,10-12H2,1H3. The molecule has 0 aromatic carbocycles. The van der Waals surface area contributed by atoms with E-state index in [1.54, 1.807) is 0 Å². The summed E-state index contributed by atoms with van der Waals surface area (Å²) in [5, 5.41) is 12.7. The molecule has 2 aliphatic rings. The largest absolute Gasteiger partial charge is 0.340 e. The van der Waals surface area contributed by atoms with E-state index in [0.29, 0.717) is 12.5 Å². The van der Waals surface area contributed by atoms with Gasteiger partial charge in [-0.15, -0.1) is 5.10 Å². The molecular formula is C17H24N6O. The summed E-state index contributed by atoms with van der Waals surface area (Å²) in [7, 11) is 1.97. The number of piperidine rings is 1. The molecule has 7 heteroatoms. The van der Waals surface area contributed by atoms with Crippen LogP contribution in [0.25, 0.3) is 0 Å². The molecule has 4 rings (SSSR count). The number of rotatable bonds is 3. The van der Waals surface area contributed by atoms with Crippen molar-refractivity contribution in [3.8, 4) is 0 Å². The minimum atomic E-state index is 0.153. The average Bonchev–Trinajstić information content (AvgIpc) is 3.22. The van der Waals surface area contributed by atoms with Gasteiger partial charge < -0.3 is 4.90 Å². The lowest BCUT2D eigenvalue weighted by Gasteiger charge is -2.33. The highest BCUT2D eigenvalue weighted by molar-refractivity contribution is 5.76. The SMILES string of the molecule is Cn1nccc1C1CCCN(C(=O)Cn2nnc3c2CCCC3)C1. The maximum absolute atomic E-state index is 12.8. The molecule has 0 saturated carbocycles. The molecule has 1 atom stereocenters. The molecule has 0 spiro atoms. The first kappa shape index (κ1) is 15.4. The quantitative estimate of drug-likeness (QED) is 0.851. The highest BCUT2D eigenvalue weighted by atomic mass is 16.2. The van der Waals surface area contributed by atoms with Crippen molar-refractivity contribution in [2.45, 2.75) is 51.0 Å². The lowest BCUT2D eigenvalue weighted by Crippen LogP contribution is -2.41. The van der Waals surface area contributed by atoms with Crippen molar-refractivity contribution in [2.24, 2.45) is 7.05 Å². The van der Waals surface area contributed by atoms with Gasteiger partial charge in [0.1, 0.15) is 6.54 Å². The predicted octanol–water partition coefficient (Wildman–Crippen LogP) is 1.30. The van der Waals surface area contributed by atoms with E-state index in [-0.39, 0.29) is 5.91 Å². The van der Waals surface area contributed by atoms with Gasteiger partial charge >= 0.3 is 0 Å². The van der Waals surface area contributed by atoms with Crippen LogP contribution in [0.1, 0.15) is 48.7 Å². The zero-order chi connectivity index (χ0) is 16.5. The Hall–Kier alpha value is -2.18. The zero-order valence-corrected chi connectivity index (χ0v) is 14.2. The Morgan fingerprint density at radius 2 is 2.17 bits per heavy atom. The number of aryl methyl sites for hydroxylation is 2. The Morgan fingerprint density at radius 3 is 3.00 bits per heavy atom. The van der Waals surface area contributed by atoms with E-state index < -0.39 is 0 Å². The second kappa shape index (κ2) is 6.37. The van der Waals surface area contributed by atoms with Crippen LogP contribution < -0.4 is 0 Å². The number of carbonyl (C=O) groups excluding carboxylic acids is 1. The fourth-order valence-corrected chi connectivity index (χ4v) is 4.01. The summed E-state index contributed by atoms with van der Waals surface area (Å²) in [6.07, 6.45) is 8.32. The third-order valence-corrected chi connectivity index (χ3v) is 5.33. The fourth-order valence-electron chi connectivity index (χ4n) is 4.01. The van der Waals surface area contributed by atoms with Crippen molar-refractivity contribution < 1.29 is 4.79 Å². The van der Waals surface area contributed by atoms with Gasteiger partial charge in [-0.2, -0.15) is 5.10 Å². The number of likely N-dealkylation sites (tertiary alicyclic amines) is 1. The summed E-state index contributed by atoms with van der Waals surface area (Å²) in [6, 6.07) is 2.06. The van der Waals surface area contributed by atoms with Crippen LogP contribution in [0.2, 0.25) is 0 Å². The first-order valence-corrected chi connectivity index (χ1v) is 8.89. The van der Waals surface area contributed by atoms with Crippen molar-refractivity contribution >= 4 is 5.91 Å². The van der Waals surface area contributed by atoms with E-state index in [0.717, 1.165) is 50.2 Å². The summed E-state index contributed by atoms with van der Waals surface area (Å²) in [4.78, 5) is 14.8. The molecule has 128 valence electrons. The molecule has 7 nitrogen and oxygen atoms in total. The van der Waals surface area contributed by atoms with Crippen LogP contribution in [0, 0.1) is 0 Å². The number of fused-ring (bicyclic) bond motifs is 1. The average molecular weight is 328 g/mol. The maximum atomic E-state index is 12.8. The monoisotopic (exact) mass is 328 g/mol. The number of hydrogen-bond acceptors (Lipinski definition) is 4. The van der Waals surface area contributed by atoms with E-state index >= 15 is 0 Å². The molecule has 0 N–H and O–H groups in total. The van der Waals surface area contributed by atoms with Gasteiger partial charge in [0.15, 0.2) is 0 Å². The minimum absolute atomic E-state index is 0.153. The molecule has 0 radical (unpaired) electrons. The first-order chi connectivity index (χ1) is 11.7. The second-order valence-corrected chi connectivity index (χ2v) is 6.91. The smallest absolute Gasteiger partial charge is 0.244 e. The Balaban J connectivity index is 1.44. The van der Waals surface area contributed by atoms with Crippen LogP contribution in [0.3, 0.4) is 0 Å². The summed E-state index contributed by atoms with van der Waals surface area (Å²) >= 11 is 0. The van der Waals surface area contributed by atoms with Crippen LogP contribution in [0.5, 0.6) is 0 Å². The molecule has 24 heavy (non-hydrogen) atoms. The molecule has 2 aromatic rings. The van der Waals surface area contributed by atoms with E-state index in [1.165, 1.54) is 18.5 Å². The second-order valence-electron chi connectivity index (χ2n) is 6.91. The van der Waals surface area contributed by atoms with Crippen LogP contribution in [0.15, 0.2) is 12.3 Å². The molecule has 1 fully saturated rings. The maximum Gasteiger partial charge on any atom is 0.244 e. The summed E-state index contributed by atoms with van der Waals surface area (Å²) in [6.45, 7) is 1.93. The van der Waals surface area contributed by atoms with Crippen LogP contribution in [0.4, 0.5) is 0 Å². The van der Waals surface area contributed by atoms with E-state index in [9.17, 15) is 4.79 Å². The molecular weight excluding hydrogens is 304 g/mol. The highest BCUT2D eigenvalue weighted by Crippen LogP contribution is 2.26. The Bertz CT molecular complexity index is 733. The third-order valence-electron chi connectivity index (χ3n) is 5.33. The van der Waals surface area contributed by atoms with E-state index in [4.69, 9.17) is 0 Å². The lowest BCUT2D eigenvalue weighted by molar-refractivity contribution is -0.133. The van der Waals surface area contributed by atoms with Crippen molar-refractivity contribution in [1.29, 1.82) is 0 Å². The van der Waals surface area contributed by atoms with Crippen molar-refractivity contribution in [3.63, 3.8) is 0 Å². The molecule has 2 aromatic heterocycles. The molecule has 0 bridgehead atoms. The number of amides is 1. The lowest BCUT2D eigenvalue weighted by atomic mass is 9.94. The van der Waals surface area contributed by atoms with Gasteiger partial charge in [0, 0.05) is 37.9 Å². The van der Waals surface area contributed by atoms with Gasteiger partial charge in [-0.1, -0.05) is 5.21 Å². The number of nitrogens with zero attached hydrogens (tertiary/aromatic N) is 6. The molecule has 1 saturated heterocycles. The third kappa shape index (κ3) is 2.83. The van der Waals surface area contributed by atoms with Gasteiger partial charge in [-0.25, -0.2) is 4.68 Å². The normalized spacial score (nSPS) is 20.9. The zero-order valence-electron chi connectivity index (χ0n) is 14.2. The van der Waals surface area contributed by atoms with Gasteiger partial charge in [-0.3, -0.25) is 9.48 Å². The van der Waals surface area contributed by atoms with Gasteiger partial charge in [0.05, 0.1) is 11.4 Å². The highest BCUT2D eigenvalue weighted by Gasteiger charge is 2.27. The van der Waals surface area contributed by atoms with Crippen LogP contribution in [-0.4, -0.2) is 48.7 Å². The van der Waals surface area contributed by atoms with E-state index in [2.05, 4.69) is 21.5 Å². The Kier molecular flexibility index (Phi) is 4.08. The van der Waals surface area contributed by atoms with Crippen molar-refractivity contribution in [2.75, 3.05) is 13.1 Å². The predicted molar refractivity (Wildman–Crippen MR) is 88.4 cm³/mol. The molecule has 1 unspecified atom stereocenters. The van der Waals surface area contributed by atoms with E-state index in [1.807, 2.05) is 27.5 Å². The molecule has 1 amide bonds. The van der Waals surface area contributed by atoms with Crippen molar-refractivity contribution in [1.82, 2.24) is 29.7 Å². The van der Waals surface area contributed by atoms with Gasteiger partial charge in [-0.05, 0) is 44.6 Å². The summed E-state index contributed by atoms with van der Waals surface area (Å²) in [5.41, 5.74) is 3.46. The minimum Gasteiger partial charge on any atom is -0.340 e. The van der Waals surface area contributed by atoms with Gasteiger partial charge in [0.2, 0.25) is 5.91 Å². The fraction of sp³-hybridized carbons (Fsp3) is 0.647. The van der Waals surface area contributed by atoms with Crippen LogP contribution in [-0.2, 0) is 31.2 Å². The molecule has 3 heterocycles. The van der Waals surface area contributed by atoms with Crippen LogP contribution >= 0.6 is 0 Å². The van der Waals surface area contributed by atoms with Gasteiger partial charge in [0.25, 0.3) is 0 Å². The topological polar surface area (TPSA) is 68.8 Å². The van der Waals surface area contributed by atoms with Crippen molar-refractivity contribution in [3.05, 3.63) is 29.3 Å². The summed E-state index contributed by atoms with van der Waals surface area (Å²) in [5.74, 6) is 0.528. The number of aromatic nitrogens is 5. The number of carbonyl (C=O) groups is 1. The molecule has 1 aliphatic carbocycles. The summed E-state index contributed by atoms with van der Waals surface area (Å²) < 4.78 is 3.75. The number of hydrogen-bond donors (Lipinski definition) is 0. The molecule has 1 aliphatic heterocycles. The Labute approximate surface area is 141 Å².